The third-order valence-electron chi connectivity index (χ3n) is 4.77. The van der Waals surface area contributed by atoms with Crippen LogP contribution in [0.1, 0.15) is 18.4 Å². The van der Waals surface area contributed by atoms with E-state index < -0.39 is 39.1 Å². The Morgan fingerprint density at radius 3 is 2.53 bits per heavy atom. The largest absolute Gasteiger partial charge is 0.573 e. The first-order valence-electron chi connectivity index (χ1n) is 9.16. The Balaban J connectivity index is 1.63. The van der Waals surface area contributed by atoms with Crippen molar-refractivity contribution in [3.63, 3.8) is 0 Å². The van der Waals surface area contributed by atoms with Crippen LogP contribution in [0, 0.1) is 5.82 Å². The zero-order chi connectivity index (χ0) is 23.3. The molecule has 7 nitrogen and oxygen atoms in total. The molecule has 0 radical (unpaired) electrons. The number of aliphatic hydroxyl groups excluding tert-OH is 1. The summed E-state index contributed by atoms with van der Waals surface area (Å²) in [5, 5.41) is 10.4. The number of benzene rings is 2. The van der Waals surface area contributed by atoms with Crippen LogP contribution in [0.4, 0.5) is 23.2 Å². The Labute approximate surface area is 187 Å². The molecule has 32 heavy (non-hydrogen) atoms. The number of anilines is 1. The molecule has 4 rings (SSSR count). The van der Waals surface area contributed by atoms with Gasteiger partial charge in [0.1, 0.15) is 27.8 Å². The number of furan rings is 1. The molecule has 0 amide bonds. The number of nitrogens with one attached hydrogen (secondary N) is 1. The Kier molecular flexibility index (Phi) is 5.86. The van der Waals surface area contributed by atoms with E-state index in [1.807, 2.05) is 9.62 Å². The van der Waals surface area contributed by atoms with Crippen LogP contribution in [0.25, 0.3) is 11.0 Å². The van der Waals surface area contributed by atoms with Crippen LogP contribution in [0.5, 0.6) is 5.75 Å². The fraction of sp³-hybridized carbons (Fsp3) is 0.263. The molecule has 3 aromatic rings. The monoisotopic (exact) mass is 538 g/mol. The SMILES string of the molecule is O=S(=O)(NC(O)c1cc2c(F)cc(N3CCC3)cc2o1)c1cc(Br)ccc1OC(F)(F)F. The number of hydrogen-bond acceptors (Lipinski definition) is 6. The molecule has 1 saturated heterocycles. The number of rotatable bonds is 6. The van der Waals surface area contributed by atoms with Crippen LogP contribution < -0.4 is 14.4 Å². The second kappa shape index (κ2) is 8.21. The summed E-state index contributed by atoms with van der Waals surface area (Å²) in [6, 6.07) is 6.84. The van der Waals surface area contributed by atoms with Gasteiger partial charge in [0, 0.05) is 29.3 Å². The van der Waals surface area contributed by atoms with Crippen molar-refractivity contribution < 1.29 is 40.2 Å². The van der Waals surface area contributed by atoms with Gasteiger partial charge in [-0.3, -0.25) is 0 Å². The first kappa shape index (κ1) is 22.8. The van der Waals surface area contributed by atoms with Crippen molar-refractivity contribution in [2.24, 2.45) is 0 Å². The molecular weight excluding hydrogens is 524 g/mol. The van der Waals surface area contributed by atoms with E-state index in [1.165, 1.54) is 6.07 Å². The van der Waals surface area contributed by atoms with Crippen molar-refractivity contribution in [1.82, 2.24) is 4.72 Å². The molecule has 0 spiro atoms. The van der Waals surface area contributed by atoms with Gasteiger partial charge in [-0.15, -0.1) is 13.2 Å². The van der Waals surface area contributed by atoms with E-state index in [0.717, 1.165) is 43.8 Å². The molecule has 0 saturated carbocycles. The molecule has 0 bridgehead atoms. The maximum Gasteiger partial charge on any atom is 0.573 e. The first-order valence-corrected chi connectivity index (χ1v) is 11.4. The lowest BCUT2D eigenvalue weighted by Crippen LogP contribution is -2.36. The van der Waals surface area contributed by atoms with E-state index in [2.05, 4.69) is 20.7 Å². The lowest BCUT2D eigenvalue weighted by Gasteiger charge is -2.33. The van der Waals surface area contributed by atoms with Crippen molar-refractivity contribution in [2.45, 2.75) is 23.9 Å². The van der Waals surface area contributed by atoms with E-state index >= 15 is 0 Å². The van der Waals surface area contributed by atoms with Gasteiger partial charge in [0.2, 0.25) is 10.0 Å². The average Bonchev–Trinajstić information content (AvgIpc) is 3.05. The molecule has 2 N–H and O–H groups in total. The zero-order valence-electron chi connectivity index (χ0n) is 16.0. The van der Waals surface area contributed by atoms with Crippen LogP contribution in [-0.2, 0) is 10.0 Å². The number of alkyl halides is 3. The van der Waals surface area contributed by atoms with Gasteiger partial charge in [-0.05, 0) is 36.8 Å². The Bertz CT molecular complexity index is 1270. The number of aliphatic hydroxyl groups is 1. The summed E-state index contributed by atoms with van der Waals surface area (Å²) in [7, 11) is -4.71. The minimum Gasteiger partial charge on any atom is -0.457 e. The topological polar surface area (TPSA) is 92.0 Å². The quantitative estimate of drug-likeness (QED) is 0.356. The summed E-state index contributed by atoms with van der Waals surface area (Å²) in [6.07, 6.45) is -6.17. The highest BCUT2D eigenvalue weighted by molar-refractivity contribution is 9.10. The first-order chi connectivity index (χ1) is 14.9. The molecule has 172 valence electrons. The van der Waals surface area contributed by atoms with Gasteiger partial charge in [0.25, 0.3) is 0 Å². The number of sulfonamides is 1. The molecule has 1 aliphatic heterocycles. The fourth-order valence-electron chi connectivity index (χ4n) is 3.16. The van der Waals surface area contributed by atoms with Gasteiger partial charge in [0.15, 0.2) is 6.23 Å². The Morgan fingerprint density at radius 2 is 1.91 bits per heavy atom. The van der Waals surface area contributed by atoms with E-state index in [4.69, 9.17) is 4.42 Å². The number of fused-ring (bicyclic) bond motifs is 1. The highest BCUT2D eigenvalue weighted by Gasteiger charge is 2.35. The Morgan fingerprint density at radius 1 is 1.19 bits per heavy atom. The van der Waals surface area contributed by atoms with Gasteiger partial charge < -0.3 is 19.2 Å². The van der Waals surface area contributed by atoms with Crippen LogP contribution in [-0.4, -0.2) is 33.0 Å². The minimum absolute atomic E-state index is 0.0195. The molecule has 1 aromatic heterocycles. The van der Waals surface area contributed by atoms with E-state index in [1.54, 1.807) is 6.07 Å². The van der Waals surface area contributed by atoms with E-state index in [-0.39, 0.29) is 21.2 Å². The average molecular weight is 539 g/mol. The van der Waals surface area contributed by atoms with Crippen molar-refractivity contribution in [3.05, 3.63) is 52.4 Å². The van der Waals surface area contributed by atoms with E-state index in [0.29, 0.717) is 5.69 Å². The number of ether oxygens (including phenoxy) is 1. The van der Waals surface area contributed by atoms with Crippen molar-refractivity contribution in [2.75, 3.05) is 18.0 Å². The number of halogens is 5. The van der Waals surface area contributed by atoms with Crippen LogP contribution in [0.2, 0.25) is 0 Å². The lowest BCUT2D eigenvalue weighted by molar-refractivity contribution is -0.275. The summed E-state index contributed by atoms with van der Waals surface area (Å²) >= 11 is 2.98. The molecule has 1 aliphatic rings. The smallest absolute Gasteiger partial charge is 0.457 e. The van der Waals surface area contributed by atoms with Crippen LogP contribution in [0.3, 0.4) is 0 Å². The molecule has 0 aliphatic carbocycles. The molecule has 13 heteroatoms. The molecule has 2 aromatic carbocycles. The number of hydrogen-bond donors (Lipinski definition) is 2. The minimum atomic E-state index is -5.14. The van der Waals surface area contributed by atoms with Crippen molar-refractivity contribution in [3.8, 4) is 5.75 Å². The number of nitrogens with zero attached hydrogens (tertiary/aromatic N) is 1. The zero-order valence-corrected chi connectivity index (χ0v) is 18.4. The summed E-state index contributed by atoms with van der Waals surface area (Å²) in [5.74, 6) is -1.95. The van der Waals surface area contributed by atoms with Crippen LogP contribution >= 0.6 is 15.9 Å². The normalized spacial score (nSPS) is 15.6. The standard InChI is InChI=1S/C19H15BrF4N2O5S/c20-10-2-3-14(31-19(22,23)24)17(6-10)32(28,29)25-18(27)16-9-12-13(21)7-11(8-15(12)30-16)26-4-1-5-26/h2-3,6-9,18,25,27H,1,4-5H2. The second-order valence-corrected chi connectivity index (χ2v) is 9.59. The molecular formula is C19H15BrF4N2O5S. The highest BCUT2D eigenvalue weighted by atomic mass is 79.9. The van der Waals surface area contributed by atoms with Gasteiger partial charge in [0.05, 0.1) is 5.39 Å². The Hall–Kier alpha value is -2.35. The summed E-state index contributed by atoms with van der Waals surface area (Å²) in [5.41, 5.74) is 0.670. The predicted molar refractivity (Wildman–Crippen MR) is 109 cm³/mol. The third kappa shape index (κ3) is 4.70. The van der Waals surface area contributed by atoms with Gasteiger partial charge >= 0.3 is 6.36 Å². The lowest BCUT2D eigenvalue weighted by atomic mass is 10.1. The highest BCUT2D eigenvalue weighted by Crippen LogP contribution is 2.34. The molecule has 2 heterocycles. The van der Waals surface area contributed by atoms with Crippen molar-refractivity contribution in [1.29, 1.82) is 0 Å². The molecule has 1 unspecified atom stereocenters. The molecule has 1 atom stereocenters. The van der Waals surface area contributed by atoms with Crippen molar-refractivity contribution >= 4 is 42.6 Å². The third-order valence-corrected chi connectivity index (χ3v) is 6.69. The van der Waals surface area contributed by atoms with Gasteiger partial charge in [-0.1, -0.05) is 15.9 Å². The maximum atomic E-state index is 14.5. The second-order valence-electron chi connectivity index (χ2n) is 6.99. The van der Waals surface area contributed by atoms with Gasteiger partial charge in [-0.2, -0.15) is 4.72 Å². The maximum absolute atomic E-state index is 14.5. The van der Waals surface area contributed by atoms with Crippen LogP contribution in [0.15, 0.2) is 50.2 Å². The van der Waals surface area contributed by atoms with E-state index in [9.17, 15) is 31.1 Å². The summed E-state index contributed by atoms with van der Waals surface area (Å²) < 4.78 is 89.0. The molecule has 1 fully saturated rings. The van der Waals surface area contributed by atoms with Gasteiger partial charge in [-0.25, -0.2) is 12.8 Å². The summed E-state index contributed by atoms with van der Waals surface area (Å²) in [6.45, 7) is 1.52. The summed E-state index contributed by atoms with van der Waals surface area (Å²) in [4.78, 5) is 1.05. The predicted octanol–water partition coefficient (Wildman–Crippen LogP) is 4.41. The fourth-order valence-corrected chi connectivity index (χ4v) is 4.87.